The number of hydrazine groups is 1. The number of nitriles is 1. The van der Waals surface area contributed by atoms with Gasteiger partial charge in [-0.1, -0.05) is 30.3 Å². The Balaban J connectivity index is 1.54. The van der Waals surface area contributed by atoms with Gasteiger partial charge >= 0.3 is 0 Å². The first-order valence-electron chi connectivity index (χ1n) is 10.0. The molecule has 2 saturated heterocycles. The Kier molecular flexibility index (Phi) is 5.47. The molecule has 1 aromatic carbocycles. The number of hydrogen-bond donors (Lipinski definition) is 3. The van der Waals surface area contributed by atoms with Crippen molar-refractivity contribution < 1.29 is 4.79 Å². The number of hydrogen-bond acceptors (Lipinski definition) is 5. The summed E-state index contributed by atoms with van der Waals surface area (Å²) in [5.74, 6) is 0.560. The molecule has 3 N–H and O–H groups in total. The second kappa shape index (κ2) is 8.19. The smallest absolute Gasteiger partial charge is 0.266 e. The van der Waals surface area contributed by atoms with Crippen LogP contribution < -0.4 is 16.4 Å². The minimum atomic E-state index is -0.454. The van der Waals surface area contributed by atoms with E-state index in [9.17, 15) is 9.59 Å². The number of aromatic nitrogens is 1. The van der Waals surface area contributed by atoms with E-state index < -0.39 is 5.56 Å². The zero-order valence-electron chi connectivity index (χ0n) is 16.4. The number of benzene rings is 1. The van der Waals surface area contributed by atoms with Gasteiger partial charge in [0.15, 0.2) is 0 Å². The van der Waals surface area contributed by atoms with Crippen molar-refractivity contribution in [3.8, 4) is 6.07 Å². The number of amides is 1. The maximum atomic E-state index is 13.2. The normalized spacial score (nSPS) is 24.3. The fraction of sp³-hybridized carbons (Fsp3) is 0.409. The van der Waals surface area contributed by atoms with Gasteiger partial charge in [0.05, 0.1) is 5.56 Å². The van der Waals surface area contributed by atoms with Gasteiger partial charge in [0, 0.05) is 37.3 Å². The van der Waals surface area contributed by atoms with Gasteiger partial charge in [-0.2, -0.15) is 5.26 Å². The summed E-state index contributed by atoms with van der Waals surface area (Å²) in [4.78, 5) is 29.5. The van der Waals surface area contributed by atoms with Crippen molar-refractivity contribution in [2.24, 2.45) is 5.92 Å². The average molecular weight is 391 g/mol. The molecule has 7 heteroatoms. The Morgan fingerprint density at radius 3 is 2.83 bits per heavy atom. The molecule has 3 heterocycles. The van der Waals surface area contributed by atoms with Crippen molar-refractivity contribution in [1.29, 1.82) is 5.26 Å². The summed E-state index contributed by atoms with van der Waals surface area (Å²) in [5.41, 5.74) is 8.45. The SMILES string of the molecule is Cc1[nH]c(=O)c(C#N)cc1C(=O)N1CCCC(C2NNCC2c2ccccc2)C1. The van der Waals surface area contributed by atoms with Gasteiger partial charge in [0.25, 0.3) is 11.5 Å². The number of carbonyl (C=O) groups excluding carboxylic acids is 1. The molecule has 4 rings (SSSR count). The number of carbonyl (C=O) groups is 1. The van der Waals surface area contributed by atoms with Gasteiger partial charge in [0.1, 0.15) is 11.6 Å². The molecule has 0 aliphatic carbocycles. The van der Waals surface area contributed by atoms with Gasteiger partial charge in [-0.05, 0) is 37.3 Å². The molecule has 7 nitrogen and oxygen atoms in total. The van der Waals surface area contributed by atoms with E-state index in [4.69, 9.17) is 5.26 Å². The lowest BCUT2D eigenvalue weighted by molar-refractivity contribution is 0.0643. The Morgan fingerprint density at radius 1 is 1.28 bits per heavy atom. The largest absolute Gasteiger partial charge is 0.338 e. The van der Waals surface area contributed by atoms with E-state index in [-0.39, 0.29) is 17.5 Å². The fourth-order valence-electron chi connectivity index (χ4n) is 4.57. The average Bonchev–Trinajstić information content (AvgIpc) is 3.24. The van der Waals surface area contributed by atoms with Gasteiger partial charge in [-0.15, -0.1) is 0 Å². The fourth-order valence-corrected chi connectivity index (χ4v) is 4.57. The lowest BCUT2D eigenvalue weighted by Crippen LogP contribution is -2.48. The quantitative estimate of drug-likeness (QED) is 0.739. The highest BCUT2D eigenvalue weighted by atomic mass is 16.2. The monoisotopic (exact) mass is 391 g/mol. The van der Waals surface area contributed by atoms with Crippen LogP contribution in [-0.4, -0.2) is 41.5 Å². The molecule has 3 atom stereocenters. The summed E-state index contributed by atoms with van der Waals surface area (Å²) in [5, 5.41) is 9.14. The second-order valence-corrected chi connectivity index (χ2v) is 7.88. The number of piperidine rings is 1. The first-order valence-corrected chi connectivity index (χ1v) is 10.0. The summed E-state index contributed by atoms with van der Waals surface area (Å²) in [6.07, 6.45) is 1.99. The van der Waals surface area contributed by atoms with E-state index in [0.29, 0.717) is 36.2 Å². The van der Waals surface area contributed by atoms with Crippen LogP contribution in [0.25, 0.3) is 0 Å². The maximum Gasteiger partial charge on any atom is 0.266 e. The molecule has 1 aromatic heterocycles. The van der Waals surface area contributed by atoms with Crippen molar-refractivity contribution >= 4 is 5.91 Å². The van der Waals surface area contributed by atoms with Gasteiger partial charge in [-0.3, -0.25) is 20.4 Å². The van der Waals surface area contributed by atoms with E-state index in [1.54, 1.807) is 6.92 Å². The molecule has 2 aliphatic heterocycles. The summed E-state index contributed by atoms with van der Waals surface area (Å²) >= 11 is 0. The second-order valence-electron chi connectivity index (χ2n) is 7.88. The molecular weight excluding hydrogens is 366 g/mol. The molecule has 29 heavy (non-hydrogen) atoms. The Bertz CT molecular complexity index is 994. The summed E-state index contributed by atoms with van der Waals surface area (Å²) in [7, 11) is 0. The minimum absolute atomic E-state index is 0.0293. The Labute approximate surface area is 169 Å². The van der Waals surface area contributed by atoms with Crippen LogP contribution in [0.5, 0.6) is 0 Å². The molecule has 2 aromatic rings. The number of rotatable bonds is 3. The van der Waals surface area contributed by atoms with Crippen LogP contribution in [0.2, 0.25) is 0 Å². The first kappa shape index (κ1) is 19.4. The Morgan fingerprint density at radius 2 is 2.07 bits per heavy atom. The van der Waals surface area contributed by atoms with Crippen LogP contribution in [0, 0.1) is 24.2 Å². The molecule has 0 bridgehead atoms. The lowest BCUT2D eigenvalue weighted by Gasteiger charge is -2.37. The van der Waals surface area contributed by atoms with Crippen molar-refractivity contribution in [3.63, 3.8) is 0 Å². The standard InChI is InChI=1S/C22H25N5O2/c1-14-18(10-17(11-23)21(28)25-14)22(29)27-9-5-8-16(13-27)20-19(12-24-26-20)15-6-3-2-4-7-15/h2-4,6-7,10,16,19-20,24,26H,5,8-9,12-13H2,1H3,(H,25,28). The topological polar surface area (TPSA) is 101 Å². The van der Waals surface area contributed by atoms with Crippen LogP contribution >= 0.6 is 0 Å². The molecule has 2 fully saturated rings. The highest BCUT2D eigenvalue weighted by Crippen LogP contribution is 2.32. The third kappa shape index (κ3) is 3.82. The summed E-state index contributed by atoms with van der Waals surface area (Å²) < 4.78 is 0. The molecular formula is C22H25N5O2. The third-order valence-corrected chi connectivity index (χ3v) is 6.09. The highest BCUT2D eigenvalue weighted by Gasteiger charge is 2.37. The molecule has 3 unspecified atom stereocenters. The van der Waals surface area contributed by atoms with Gasteiger partial charge < -0.3 is 9.88 Å². The molecule has 0 spiro atoms. The van der Waals surface area contributed by atoms with Crippen molar-refractivity contribution in [3.05, 3.63) is 69.1 Å². The highest BCUT2D eigenvalue weighted by molar-refractivity contribution is 5.95. The van der Waals surface area contributed by atoms with Crippen LogP contribution in [0.4, 0.5) is 0 Å². The first-order chi connectivity index (χ1) is 14.1. The van der Waals surface area contributed by atoms with E-state index in [1.165, 1.54) is 11.6 Å². The van der Waals surface area contributed by atoms with Crippen molar-refractivity contribution in [1.82, 2.24) is 20.7 Å². The predicted octanol–water partition coefficient (Wildman–Crippen LogP) is 1.67. The van der Waals surface area contributed by atoms with E-state index in [1.807, 2.05) is 17.0 Å². The maximum absolute atomic E-state index is 13.2. The Hall–Kier alpha value is -2.95. The zero-order valence-corrected chi connectivity index (χ0v) is 16.4. The molecule has 2 aliphatic rings. The number of aromatic amines is 1. The number of pyridine rings is 1. The minimum Gasteiger partial charge on any atom is -0.338 e. The van der Waals surface area contributed by atoms with Gasteiger partial charge in [0.2, 0.25) is 0 Å². The number of H-pyrrole nitrogens is 1. The third-order valence-electron chi connectivity index (χ3n) is 6.09. The molecule has 150 valence electrons. The number of aryl methyl sites for hydroxylation is 1. The number of nitrogens with one attached hydrogen (secondary N) is 3. The van der Waals surface area contributed by atoms with Crippen molar-refractivity contribution in [2.45, 2.75) is 31.7 Å². The van der Waals surface area contributed by atoms with E-state index in [2.05, 4.69) is 40.1 Å². The molecule has 1 amide bonds. The zero-order chi connectivity index (χ0) is 20.4. The van der Waals surface area contributed by atoms with Gasteiger partial charge in [-0.25, -0.2) is 0 Å². The van der Waals surface area contributed by atoms with E-state index >= 15 is 0 Å². The number of likely N-dealkylation sites (tertiary alicyclic amines) is 1. The van der Waals surface area contributed by atoms with Crippen LogP contribution in [0.1, 0.15) is 45.9 Å². The van der Waals surface area contributed by atoms with Crippen molar-refractivity contribution in [2.75, 3.05) is 19.6 Å². The molecule has 0 saturated carbocycles. The van der Waals surface area contributed by atoms with Crippen LogP contribution in [0.3, 0.4) is 0 Å². The van der Waals surface area contributed by atoms with Crippen LogP contribution in [-0.2, 0) is 0 Å². The van der Waals surface area contributed by atoms with E-state index in [0.717, 1.165) is 19.4 Å². The lowest BCUT2D eigenvalue weighted by atomic mass is 9.81. The predicted molar refractivity (Wildman–Crippen MR) is 109 cm³/mol. The van der Waals surface area contributed by atoms with Crippen LogP contribution in [0.15, 0.2) is 41.2 Å². The molecule has 0 radical (unpaired) electrons. The summed E-state index contributed by atoms with van der Waals surface area (Å²) in [6.45, 7) is 3.91. The summed E-state index contributed by atoms with van der Waals surface area (Å²) in [6, 6.07) is 14.0. The number of nitrogens with zero attached hydrogens (tertiary/aromatic N) is 2.